The lowest BCUT2D eigenvalue weighted by molar-refractivity contribution is -0.154. The minimum atomic E-state index is -1.69. The molecule has 3 aromatic heterocycles. The lowest BCUT2D eigenvalue weighted by Crippen LogP contribution is -2.76. The van der Waals surface area contributed by atoms with Gasteiger partial charge in [0.05, 0.1) is 29.6 Å². The number of urea groups is 1. The number of imidazole rings is 1. The molecule has 3 aromatic rings. The number of nitrogens with zero attached hydrogens (tertiary/aromatic N) is 5. The second-order valence-corrected chi connectivity index (χ2v) is 9.30. The maximum Gasteiger partial charge on any atom is 0.328 e. The molecular weight excluding hydrogens is 466 g/mol. The fourth-order valence-corrected chi connectivity index (χ4v) is 5.65. The zero-order chi connectivity index (χ0) is 23.9. The van der Waals surface area contributed by atoms with Gasteiger partial charge in [0.2, 0.25) is 11.8 Å². The fourth-order valence-electron chi connectivity index (χ4n) is 5.36. The van der Waals surface area contributed by atoms with Crippen LogP contribution in [0.4, 0.5) is 10.5 Å². The number of rotatable bonds is 1. The predicted octanol–water partition coefficient (Wildman–Crippen LogP) is 1.08. The third kappa shape index (κ3) is 2.63. The molecule has 1 spiro atoms. The SMILES string of the molecule is C[C@@H]1O[C@H](C)C(Cl)N2c3cc4onc(-c5nccn5C)c4nc3CC3(C(=O)NC(=O)NC3=O)[C@@H]12. The number of pyridine rings is 1. The normalized spacial score (nSPS) is 28.0. The maximum absolute atomic E-state index is 13.3. The molecule has 6 rings (SSSR count). The van der Waals surface area contributed by atoms with Crippen LogP contribution in [0.2, 0.25) is 0 Å². The molecule has 1 unspecified atom stereocenters. The fraction of sp³-hybridized carbons (Fsp3) is 0.429. The Morgan fingerprint density at radius 3 is 2.59 bits per heavy atom. The molecular formula is C21H20ClN7O5. The van der Waals surface area contributed by atoms with Crippen LogP contribution in [0.1, 0.15) is 19.5 Å². The van der Waals surface area contributed by atoms with Crippen molar-refractivity contribution in [2.75, 3.05) is 4.90 Å². The van der Waals surface area contributed by atoms with Gasteiger partial charge < -0.3 is 18.7 Å². The summed E-state index contributed by atoms with van der Waals surface area (Å²) in [7, 11) is 1.82. The van der Waals surface area contributed by atoms with Crippen LogP contribution in [0.3, 0.4) is 0 Å². The molecule has 0 aliphatic carbocycles. The Bertz CT molecular complexity index is 1360. The topological polar surface area (TPSA) is 144 Å². The minimum absolute atomic E-state index is 0.0682. The van der Waals surface area contributed by atoms with Crippen LogP contribution < -0.4 is 15.5 Å². The predicted molar refractivity (Wildman–Crippen MR) is 118 cm³/mol. The molecule has 0 saturated carbocycles. The number of morpholine rings is 1. The van der Waals surface area contributed by atoms with Crippen LogP contribution in [0.15, 0.2) is 23.0 Å². The van der Waals surface area contributed by atoms with Crippen molar-refractivity contribution in [2.24, 2.45) is 12.5 Å². The Kier molecular flexibility index (Phi) is 4.33. The zero-order valence-electron chi connectivity index (χ0n) is 18.4. The van der Waals surface area contributed by atoms with Gasteiger partial charge in [-0.1, -0.05) is 16.8 Å². The van der Waals surface area contributed by atoms with Gasteiger partial charge in [-0.3, -0.25) is 20.2 Å². The third-order valence-corrected chi connectivity index (χ3v) is 7.42. The number of alkyl halides is 1. The van der Waals surface area contributed by atoms with Gasteiger partial charge in [-0.15, -0.1) is 0 Å². The van der Waals surface area contributed by atoms with Gasteiger partial charge in [0.25, 0.3) is 0 Å². The number of fused-ring (bicyclic) bond motifs is 5. The molecule has 2 N–H and O–H groups in total. The van der Waals surface area contributed by atoms with Crippen molar-refractivity contribution < 1.29 is 23.6 Å². The highest BCUT2D eigenvalue weighted by atomic mass is 35.5. The monoisotopic (exact) mass is 485 g/mol. The van der Waals surface area contributed by atoms with E-state index in [1.54, 1.807) is 34.9 Å². The average molecular weight is 486 g/mol. The maximum atomic E-state index is 13.3. The number of aryl methyl sites for hydroxylation is 1. The van der Waals surface area contributed by atoms with Crippen molar-refractivity contribution in [1.82, 2.24) is 30.3 Å². The number of barbiturate groups is 1. The van der Waals surface area contributed by atoms with Gasteiger partial charge in [-0.05, 0) is 13.8 Å². The number of carbonyl (C=O) groups excluding carboxylic acids is 3. The smallest absolute Gasteiger partial charge is 0.328 e. The zero-order valence-corrected chi connectivity index (χ0v) is 19.2. The largest absolute Gasteiger partial charge is 0.370 e. The van der Waals surface area contributed by atoms with E-state index < -0.39 is 47.0 Å². The van der Waals surface area contributed by atoms with Crippen LogP contribution in [-0.2, 0) is 27.8 Å². The number of hydrogen-bond donors (Lipinski definition) is 2. The lowest BCUT2D eigenvalue weighted by atomic mass is 9.67. The Morgan fingerprint density at radius 2 is 1.91 bits per heavy atom. The number of hydrogen-bond acceptors (Lipinski definition) is 9. The Hall–Kier alpha value is -3.51. The van der Waals surface area contributed by atoms with Crippen molar-refractivity contribution in [3.8, 4) is 11.5 Å². The van der Waals surface area contributed by atoms with E-state index in [-0.39, 0.29) is 6.42 Å². The first-order valence-electron chi connectivity index (χ1n) is 10.7. The van der Waals surface area contributed by atoms with Crippen LogP contribution in [0.5, 0.6) is 0 Å². The molecule has 0 bridgehead atoms. The van der Waals surface area contributed by atoms with E-state index in [1.807, 2.05) is 14.0 Å². The summed E-state index contributed by atoms with van der Waals surface area (Å²) in [5, 5.41) is 8.66. The van der Waals surface area contributed by atoms with Crippen LogP contribution in [-0.4, -0.2) is 61.3 Å². The first kappa shape index (κ1) is 21.1. The molecule has 13 heteroatoms. The number of aromatic nitrogens is 4. The molecule has 34 heavy (non-hydrogen) atoms. The average Bonchev–Trinajstić information content (AvgIpc) is 3.38. The number of imide groups is 2. The Labute approximate surface area is 197 Å². The van der Waals surface area contributed by atoms with Gasteiger partial charge in [0.1, 0.15) is 11.0 Å². The summed E-state index contributed by atoms with van der Waals surface area (Å²) in [4.78, 5) is 49.4. The summed E-state index contributed by atoms with van der Waals surface area (Å²) >= 11 is 6.80. The van der Waals surface area contributed by atoms with Crippen LogP contribution in [0.25, 0.3) is 22.6 Å². The van der Waals surface area contributed by atoms with Crippen LogP contribution >= 0.6 is 11.6 Å². The molecule has 4 atom stereocenters. The van der Waals surface area contributed by atoms with E-state index in [9.17, 15) is 14.4 Å². The molecule has 3 aliphatic heterocycles. The highest BCUT2D eigenvalue weighted by Gasteiger charge is 2.64. The summed E-state index contributed by atoms with van der Waals surface area (Å²) < 4.78 is 13.4. The summed E-state index contributed by atoms with van der Waals surface area (Å²) in [5.41, 5.74) is -0.0508. The van der Waals surface area contributed by atoms with Crippen LogP contribution in [0, 0.1) is 5.41 Å². The summed E-state index contributed by atoms with van der Waals surface area (Å²) in [6.07, 6.45) is 2.37. The number of ether oxygens (including phenoxy) is 1. The number of nitrogens with one attached hydrogen (secondary N) is 2. The van der Waals surface area contributed by atoms with Crippen molar-refractivity contribution in [3.05, 3.63) is 24.2 Å². The van der Waals surface area contributed by atoms with E-state index in [0.29, 0.717) is 34.0 Å². The van der Waals surface area contributed by atoms with Crippen molar-refractivity contribution in [1.29, 1.82) is 0 Å². The molecule has 0 aromatic carbocycles. The van der Waals surface area contributed by atoms with E-state index in [4.69, 9.17) is 25.8 Å². The van der Waals surface area contributed by atoms with E-state index in [0.717, 1.165) is 0 Å². The van der Waals surface area contributed by atoms with Gasteiger partial charge in [0.15, 0.2) is 22.5 Å². The number of amides is 4. The van der Waals surface area contributed by atoms with E-state index in [2.05, 4.69) is 20.8 Å². The molecule has 176 valence electrons. The van der Waals surface area contributed by atoms with Gasteiger partial charge >= 0.3 is 6.03 Å². The molecule has 4 amide bonds. The molecule has 2 fully saturated rings. The third-order valence-electron chi connectivity index (χ3n) is 6.86. The molecule has 12 nitrogen and oxygen atoms in total. The number of anilines is 1. The Balaban J connectivity index is 1.60. The Morgan fingerprint density at radius 1 is 1.18 bits per heavy atom. The molecule has 2 saturated heterocycles. The van der Waals surface area contributed by atoms with E-state index in [1.165, 1.54) is 0 Å². The number of carbonyl (C=O) groups is 3. The summed E-state index contributed by atoms with van der Waals surface area (Å²) in [6.45, 7) is 3.59. The minimum Gasteiger partial charge on any atom is -0.370 e. The van der Waals surface area contributed by atoms with Crippen molar-refractivity contribution in [3.63, 3.8) is 0 Å². The van der Waals surface area contributed by atoms with Gasteiger partial charge in [-0.25, -0.2) is 14.8 Å². The van der Waals surface area contributed by atoms with Gasteiger partial charge in [-0.2, -0.15) is 0 Å². The highest BCUT2D eigenvalue weighted by Crippen LogP contribution is 2.49. The van der Waals surface area contributed by atoms with Crippen molar-refractivity contribution >= 4 is 46.2 Å². The standard InChI is InChI=1S/C21H20ClN7O5/c1-8-15-21(18(30)25-20(32)26-19(21)31)7-10-11(29(15)16(22)9(2)33-8)6-12-13(24-10)14(27-34-12)17-23-4-5-28(17)3/h4-6,8-9,15-16H,7H2,1-3H3,(H2,25,26,30,31,32)/t8-,9+,15+,16?/m0/s1. The summed E-state index contributed by atoms with van der Waals surface area (Å²) in [6, 6.07) is 0.113. The molecule has 3 aliphatic rings. The highest BCUT2D eigenvalue weighted by molar-refractivity contribution is 6.24. The second-order valence-electron chi connectivity index (χ2n) is 8.85. The molecule has 0 radical (unpaired) electrons. The van der Waals surface area contributed by atoms with Crippen molar-refractivity contribution in [2.45, 2.75) is 44.0 Å². The van der Waals surface area contributed by atoms with E-state index >= 15 is 0 Å². The molecule has 6 heterocycles. The number of halogens is 1. The first-order chi connectivity index (χ1) is 16.2. The first-order valence-corrected chi connectivity index (χ1v) is 11.2. The lowest BCUT2D eigenvalue weighted by Gasteiger charge is -2.56. The van der Waals surface area contributed by atoms with Gasteiger partial charge in [0, 0.05) is 31.9 Å². The summed E-state index contributed by atoms with van der Waals surface area (Å²) in [5.74, 6) is -0.878. The quantitative estimate of drug-likeness (QED) is 0.294. The second kappa shape index (κ2) is 7.00.